The molecule has 0 atom stereocenters. The average Bonchev–Trinajstić information content (AvgIpc) is 2.53. The molecular formula is C21H24O3. The number of allylic oxidation sites excluding steroid dienone is 1. The van der Waals surface area contributed by atoms with Crippen LogP contribution in [0.3, 0.4) is 0 Å². The lowest BCUT2D eigenvalue weighted by Crippen LogP contribution is -2.34. The summed E-state index contributed by atoms with van der Waals surface area (Å²) in [5.41, 5.74) is 4.06. The average molecular weight is 324 g/mol. The Morgan fingerprint density at radius 3 is 2.25 bits per heavy atom. The quantitative estimate of drug-likeness (QED) is 0.592. The standard InChI is InChI=1S/C21H24O3/c1-13(11-22)8-14-12-24-18-10-17-16(9-15(18)19(14)23)20(2,3)6-7-21(17,4)5/h8-12H,6-7H2,1-5H3/b13-8+. The van der Waals surface area contributed by atoms with Crippen LogP contribution in [0.2, 0.25) is 0 Å². The van der Waals surface area contributed by atoms with Crippen LogP contribution in [0.15, 0.2) is 33.2 Å². The van der Waals surface area contributed by atoms with Crippen LogP contribution >= 0.6 is 0 Å². The van der Waals surface area contributed by atoms with Crippen molar-refractivity contribution in [3.8, 4) is 0 Å². The van der Waals surface area contributed by atoms with Gasteiger partial charge in [0.25, 0.3) is 0 Å². The SMILES string of the molecule is C/C(C=O)=C\c1coc2cc3c(cc2c1=O)C(C)(C)CCC3(C)C. The normalized spacial score (nSPS) is 19.1. The van der Waals surface area contributed by atoms with E-state index in [9.17, 15) is 9.59 Å². The van der Waals surface area contributed by atoms with Gasteiger partial charge in [0.1, 0.15) is 18.1 Å². The lowest BCUT2D eigenvalue weighted by Gasteiger charge is -2.41. The fourth-order valence-corrected chi connectivity index (χ4v) is 3.58. The third-order valence-corrected chi connectivity index (χ3v) is 5.34. The first-order chi connectivity index (χ1) is 11.2. The van der Waals surface area contributed by atoms with Crippen LogP contribution in [0.25, 0.3) is 17.0 Å². The van der Waals surface area contributed by atoms with Gasteiger partial charge >= 0.3 is 0 Å². The molecule has 0 amide bonds. The Morgan fingerprint density at radius 2 is 1.67 bits per heavy atom. The molecule has 1 aliphatic rings. The summed E-state index contributed by atoms with van der Waals surface area (Å²) in [6, 6.07) is 4.04. The summed E-state index contributed by atoms with van der Waals surface area (Å²) in [7, 11) is 0. The molecule has 1 aliphatic carbocycles. The van der Waals surface area contributed by atoms with Gasteiger partial charge in [-0.25, -0.2) is 0 Å². The molecule has 126 valence electrons. The van der Waals surface area contributed by atoms with Crippen LogP contribution in [0.1, 0.15) is 64.2 Å². The van der Waals surface area contributed by atoms with E-state index in [1.807, 2.05) is 12.1 Å². The number of carbonyl (C=O) groups excluding carboxylic acids is 1. The number of hydrogen-bond acceptors (Lipinski definition) is 3. The minimum absolute atomic E-state index is 0.0377. The van der Waals surface area contributed by atoms with Crippen LogP contribution in [0.5, 0.6) is 0 Å². The van der Waals surface area contributed by atoms with Crippen molar-refractivity contribution in [2.24, 2.45) is 0 Å². The molecule has 0 bridgehead atoms. The highest BCUT2D eigenvalue weighted by molar-refractivity contribution is 5.85. The van der Waals surface area contributed by atoms with Gasteiger partial charge in [0.15, 0.2) is 5.43 Å². The third-order valence-electron chi connectivity index (χ3n) is 5.34. The molecule has 0 fully saturated rings. The van der Waals surface area contributed by atoms with Crippen molar-refractivity contribution in [1.82, 2.24) is 0 Å². The van der Waals surface area contributed by atoms with Gasteiger partial charge in [-0.1, -0.05) is 27.7 Å². The molecule has 0 saturated carbocycles. The van der Waals surface area contributed by atoms with Crippen molar-refractivity contribution in [3.63, 3.8) is 0 Å². The first-order valence-electron chi connectivity index (χ1n) is 8.40. The zero-order valence-corrected chi connectivity index (χ0v) is 15.0. The van der Waals surface area contributed by atoms with E-state index in [1.165, 1.54) is 17.4 Å². The van der Waals surface area contributed by atoms with Gasteiger partial charge in [-0.15, -0.1) is 0 Å². The smallest absolute Gasteiger partial charge is 0.199 e. The number of benzene rings is 1. The second-order valence-electron chi connectivity index (χ2n) is 8.19. The molecule has 1 aromatic heterocycles. The number of aldehydes is 1. The van der Waals surface area contributed by atoms with Gasteiger partial charge in [-0.05, 0) is 65.5 Å². The van der Waals surface area contributed by atoms with Gasteiger partial charge in [0.05, 0.1) is 10.9 Å². The minimum atomic E-state index is -0.0839. The van der Waals surface area contributed by atoms with Gasteiger partial charge in [-0.3, -0.25) is 9.59 Å². The fourth-order valence-electron chi connectivity index (χ4n) is 3.58. The van der Waals surface area contributed by atoms with E-state index in [2.05, 4.69) is 27.7 Å². The maximum absolute atomic E-state index is 12.8. The van der Waals surface area contributed by atoms with E-state index in [0.29, 0.717) is 22.1 Å². The Bertz CT molecular complexity index is 911. The summed E-state index contributed by atoms with van der Waals surface area (Å²) in [4.78, 5) is 23.6. The fraction of sp³-hybridized carbons (Fsp3) is 0.429. The van der Waals surface area contributed by atoms with Gasteiger partial charge in [0, 0.05) is 0 Å². The second kappa shape index (κ2) is 5.44. The highest BCUT2D eigenvalue weighted by Gasteiger charge is 2.37. The highest BCUT2D eigenvalue weighted by atomic mass is 16.3. The predicted molar refractivity (Wildman–Crippen MR) is 97.5 cm³/mol. The molecule has 24 heavy (non-hydrogen) atoms. The largest absolute Gasteiger partial charge is 0.463 e. The molecule has 3 nitrogen and oxygen atoms in total. The zero-order chi connectivity index (χ0) is 17.7. The van der Waals surface area contributed by atoms with E-state index in [0.717, 1.165) is 19.1 Å². The third kappa shape index (κ3) is 2.62. The number of rotatable bonds is 2. The summed E-state index contributed by atoms with van der Waals surface area (Å²) in [6.07, 6.45) is 5.97. The van der Waals surface area contributed by atoms with Crippen molar-refractivity contribution in [3.05, 3.63) is 50.9 Å². The summed E-state index contributed by atoms with van der Waals surface area (Å²) < 4.78 is 5.74. The van der Waals surface area contributed by atoms with Crippen molar-refractivity contribution in [2.75, 3.05) is 0 Å². The topological polar surface area (TPSA) is 47.3 Å². The van der Waals surface area contributed by atoms with Gasteiger partial charge in [-0.2, -0.15) is 0 Å². The highest BCUT2D eigenvalue weighted by Crippen LogP contribution is 2.46. The lowest BCUT2D eigenvalue weighted by atomic mass is 9.63. The Morgan fingerprint density at radius 1 is 1.08 bits per heavy atom. The monoisotopic (exact) mass is 324 g/mol. The summed E-state index contributed by atoms with van der Waals surface area (Å²) >= 11 is 0. The summed E-state index contributed by atoms with van der Waals surface area (Å²) in [6.45, 7) is 10.6. The van der Waals surface area contributed by atoms with Crippen LogP contribution in [0, 0.1) is 0 Å². The van der Waals surface area contributed by atoms with Crippen molar-refractivity contribution in [2.45, 2.75) is 58.3 Å². The van der Waals surface area contributed by atoms with E-state index >= 15 is 0 Å². The van der Waals surface area contributed by atoms with Crippen LogP contribution in [0.4, 0.5) is 0 Å². The molecule has 0 unspecified atom stereocenters. The van der Waals surface area contributed by atoms with Crippen LogP contribution in [-0.2, 0) is 15.6 Å². The molecule has 1 aromatic carbocycles. The zero-order valence-electron chi connectivity index (χ0n) is 15.0. The molecular weight excluding hydrogens is 300 g/mol. The lowest BCUT2D eigenvalue weighted by molar-refractivity contribution is -0.104. The molecule has 3 rings (SSSR count). The van der Waals surface area contributed by atoms with E-state index in [4.69, 9.17) is 4.42 Å². The second-order valence-corrected chi connectivity index (χ2v) is 8.19. The van der Waals surface area contributed by atoms with Crippen LogP contribution in [-0.4, -0.2) is 6.29 Å². The van der Waals surface area contributed by atoms with Gasteiger partial charge in [0.2, 0.25) is 0 Å². The van der Waals surface area contributed by atoms with Crippen LogP contribution < -0.4 is 5.43 Å². The van der Waals surface area contributed by atoms with Crippen molar-refractivity contribution in [1.29, 1.82) is 0 Å². The van der Waals surface area contributed by atoms with Gasteiger partial charge < -0.3 is 4.42 Å². The van der Waals surface area contributed by atoms with E-state index < -0.39 is 0 Å². The molecule has 3 heteroatoms. The Kier molecular flexibility index (Phi) is 3.78. The predicted octanol–water partition coefficient (Wildman–Crippen LogP) is 4.74. The molecule has 1 heterocycles. The summed E-state index contributed by atoms with van der Waals surface area (Å²) in [5, 5.41) is 0.590. The van der Waals surface area contributed by atoms with E-state index in [-0.39, 0.29) is 16.3 Å². The number of hydrogen-bond donors (Lipinski definition) is 0. The van der Waals surface area contributed by atoms with E-state index in [1.54, 1.807) is 13.0 Å². The maximum atomic E-state index is 12.8. The molecule has 0 spiro atoms. The first kappa shape index (κ1) is 16.7. The molecule has 0 aliphatic heterocycles. The number of fused-ring (bicyclic) bond motifs is 2. The van der Waals surface area contributed by atoms with Crippen molar-refractivity contribution >= 4 is 23.3 Å². The minimum Gasteiger partial charge on any atom is -0.463 e. The Balaban J connectivity index is 2.33. The Labute approximate surface area is 142 Å². The molecule has 0 saturated heterocycles. The maximum Gasteiger partial charge on any atom is 0.199 e. The molecule has 2 aromatic rings. The molecule has 0 N–H and O–H groups in total. The Hall–Kier alpha value is -2.16. The van der Waals surface area contributed by atoms with Crippen molar-refractivity contribution < 1.29 is 9.21 Å². The first-order valence-corrected chi connectivity index (χ1v) is 8.40. The summed E-state index contributed by atoms with van der Waals surface area (Å²) in [5.74, 6) is 0. The molecule has 0 radical (unpaired) electrons. The number of carbonyl (C=O) groups is 1.